The van der Waals surface area contributed by atoms with Crippen molar-refractivity contribution in [3.63, 3.8) is 0 Å². The summed E-state index contributed by atoms with van der Waals surface area (Å²) in [6.45, 7) is 6.37. The Labute approximate surface area is 160 Å². The van der Waals surface area contributed by atoms with Crippen LogP contribution in [-0.4, -0.2) is 26.1 Å². The van der Waals surface area contributed by atoms with Gasteiger partial charge in [0.25, 0.3) is 5.91 Å². The molecule has 0 aliphatic heterocycles. The number of nitrogens with one attached hydrogen (secondary N) is 1. The fraction of sp³-hybridized carbons (Fsp3) is 0.364. The van der Waals surface area contributed by atoms with E-state index < -0.39 is 6.04 Å². The van der Waals surface area contributed by atoms with Crippen LogP contribution in [0.5, 0.6) is 5.75 Å². The second kappa shape index (κ2) is 8.71. The molecule has 1 unspecified atom stereocenters. The lowest BCUT2D eigenvalue weighted by Crippen LogP contribution is -2.30. The Bertz CT molecular complexity index is 773. The Morgan fingerprint density at radius 2 is 1.56 bits per heavy atom. The molecule has 1 atom stereocenters. The smallest absolute Gasteiger partial charge is 0.307 e. The van der Waals surface area contributed by atoms with Gasteiger partial charge >= 0.3 is 5.97 Å². The maximum atomic E-state index is 12.7. The second-order valence-corrected chi connectivity index (χ2v) is 7.41. The number of amides is 1. The molecule has 27 heavy (non-hydrogen) atoms. The molecule has 0 saturated carbocycles. The van der Waals surface area contributed by atoms with E-state index in [1.807, 2.05) is 24.3 Å². The molecule has 0 bridgehead atoms. The third-order valence-electron chi connectivity index (χ3n) is 4.44. The minimum atomic E-state index is -0.488. The predicted molar refractivity (Wildman–Crippen MR) is 105 cm³/mol. The maximum absolute atomic E-state index is 12.7. The highest BCUT2D eigenvalue weighted by Gasteiger charge is 2.20. The summed E-state index contributed by atoms with van der Waals surface area (Å²) in [5.74, 6) is 0.0824. The number of benzene rings is 2. The van der Waals surface area contributed by atoms with Crippen LogP contribution >= 0.6 is 0 Å². The number of carbonyl (C=O) groups excluding carboxylic acids is 2. The number of rotatable bonds is 6. The number of methoxy groups -OCH3 is 2. The topological polar surface area (TPSA) is 64.6 Å². The van der Waals surface area contributed by atoms with Crippen LogP contribution in [0, 0.1) is 0 Å². The van der Waals surface area contributed by atoms with Gasteiger partial charge in [-0.25, -0.2) is 0 Å². The van der Waals surface area contributed by atoms with Crippen LogP contribution in [0.2, 0.25) is 0 Å². The first-order valence-corrected chi connectivity index (χ1v) is 8.86. The van der Waals surface area contributed by atoms with Gasteiger partial charge in [0.1, 0.15) is 5.75 Å². The molecule has 5 nitrogen and oxygen atoms in total. The molecular formula is C22H27NO4. The van der Waals surface area contributed by atoms with Gasteiger partial charge in [0.15, 0.2) is 0 Å². The van der Waals surface area contributed by atoms with Gasteiger partial charge in [-0.05, 0) is 40.8 Å². The van der Waals surface area contributed by atoms with Crippen molar-refractivity contribution < 1.29 is 19.1 Å². The van der Waals surface area contributed by atoms with Crippen molar-refractivity contribution in [2.24, 2.45) is 0 Å². The Morgan fingerprint density at radius 1 is 0.963 bits per heavy atom. The van der Waals surface area contributed by atoms with Crippen molar-refractivity contribution in [3.05, 3.63) is 65.2 Å². The molecule has 0 aliphatic rings. The minimum absolute atomic E-state index is 0.0194. The lowest BCUT2D eigenvalue weighted by Gasteiger charge is -2.20. The lowest BCUT2D eigenvalue weighted by atomic mass is 9.86. The maximum Gasteiger partial charge on any atom is 0.307 e. The zero-order chi connectivity index (χ0) is 20.0. The fourth-order valence-corrected chi connectivity index (χ4v) is 2.70. The summed E-state index contributed by atoms with van der Waals surface area (Å²) in [5.41, 5.74) is 2.53. The molecule has 0 heterocycles. The van der Waals surface area contributed by atoms with Crippen molar-refractivity contribution in [2.45, 2.75) is 38.6 Å². The van der Waals surface area contributed by atoms with E-state index >= 15 is 0 Å². The molecule has 1 amide bonds. The van der Waals surface area contributed by atoms with Crippen molar-refractivity contribution in [1.29, 1.82) is 0 Å². The van der Waals surface area contributed by atoms with Gasteiger partial charge in [-0.3, -0.25) is 9.59 Å². The van der Waals surface area contributed by atoms with Crippen LogP contribution in [0.25, 0.3) is 0 Å². The van der Waals surface area contributed by atoms with Crippen LogP contribution in [-0.2, 0) is 14.9 Å². The fourth-order valence-electron chi connectivity index (χ4n) is 2.70. The van der Waals surface area contributed by atoms with Crippen molar-refractivity contribution in [3.8, 4) is 5.75 Å². The molecule has 144 valence electrons. The highest BCUT2D eigenvalue weighted by molar-refractivity contribution is 5.94. The summed E-state index contributed by atoms with van der Waals surface area (Å²) in [6.07, 6.45) is 0.0502. The van der Waals surface area contributed by atoms with Gasteiger partial charge in [0.2, 0.25) is 0 Å². The van der Waals surface area contributed by atoms with Crippen LogP contribution in [0.4, 0.5) is 0 Å². The van der Waals surface area contributed by atoms with Crippen LogP contribution in [0.15, 0.2) is 48.5 Å². The van der Waals surface area contributed by atoms with Crippen LogP contribution in [0.1, 0.15) is 54.7 Å². The average Bonchev–Trinajstić information content (AvgIpc) is 2.66. The number of ether oxygens (including phenoxy) is 2. The second-order valence-electron chi connectivity index (χ2n) is 7.41. The first-order valence-electron chi connectivity index (χ1n) is 8.86. The standard InChI is InChI=1S/C22H27NO4/c1-22(2,3)17-10-6-16(7-11-17)21(25)23-19(14-20(24)27-5)15-8-12-18(26-4)13-9-15/h6-13,19H,14H2,1-5H3,(H,23,25). The van der Waals surface area contributed by atoms with Gasteiger partial charge < -0.3 is 14.8 Å². The van der Waals surface area contributed by atoms with Gasteiger partial charge in [0, 0.05) is 5.56 Å². The largest absolute Gasteiger partial charge is 0.497 e. The summed E-state index contributed by atoms with van der Waals surface area (Å²) in [4.78, 5) is 24.5. The van der Waals surface area contributed by atoms with E-state index in [9.17, 15) is 9.59 Å². The average molecular weight is 369 g/mol. The SMILES string of the molecule is COC(=O)CC(NC(=O)c1ccc(C(C)(C)C)cc1)c1ccc(OC)cc1. The van der Waals surface area contributed by atoms with Crippen LogP contribution < -0.4 is 10.1 Å². The summed E-state index contributed by atoms with van der Waals surface area (Å²) in [7, 11) is 2.92. The van der Waals surface area contributed by atoms with E-state index in [0.29, 0.717) is 11.3 Å². The highest BCUT2D eigenvalue weighted by Crippen LogP contribution is 2.24. The number of esters is 1. The monoisotopic (exact) mass is 369 g/mol. The number of carbonyl (C=O) groups is 2. The summed E-state index contributed by atoms with van der Waals surface area (Å²) in [6, 6.07) is 14.3. The zero-order valence-corrected chi connectivity index (χ0v) is 16.5. The lowest BCUT2D eigenvalue weighted by molar-refractivity contribution is -0.141. The van der Waals surface area contributed by atoms with Gasteiger partial charge in [-0.2, -0.15) is 0 Å². The van der Waals surface area contributed by atoms with E-state index in [1.54, 1.807) is 31.4 Å². The number of hydrogen-bond acceptors (Lipinski definition) is 4. The Hall–Kier alpha value is -2.82. The van der Waals surface area contributed by atoms with Gasteiger partial charge in [-0.15, -0.1) is 0 Å². The molecule has 2 aromatic rings. The third-order valence-corrected chi connectivity index (χ3v) is 4.44. The molecule has 0 radical (unpaired) electrons. The normalized spacial score (nSPS) is 12.2. The van der Waals surface area contributed by atoms with E-state index in [4.69, 9.17) is 9.47 Å². The Morgan fingerprint density at radius 3 is 2.04 bits per heavy atom. The molecule has 0 fully saturated rings. The Balaban J connectivity index is 2.20. The molecule has 2 aromatic carbocycles. The van der Waals surface area contributed by atoms with E-state index in [1.165, 1.54) is 7.11 Å². The minimum Gasteiger partial charge on any atom is -0.497 e. The van der Waals surface area contributed by atoms with Crippen molar-refractivity contribution in [1.82, 2.24) is 5.32 Å². The van der Waals surface area contributed by atoms with E-state index in [2.05, 4.69) is 26.1 Å². The van der Waals surface area contributed by atoms with E-state index in [0.717, 1.165) is 11.1 Å². The van der Waals surface area contributed by atoms with E-state index in [-0.39, 0.29) is 23.7 Å². The molecular weight excluding hydrogens is 342 g/mol. The van der Waals surface area contributed by atoms with Crippen molar-refractivity contribution >= 4 is 11.9 Å². The first kappa shape index (κ1) is 20.5. The quantitative estimate of drug-likeness (QED) is 0.781. The molecule has 0 saturated heterocycles. The molecule has 5 heteroatoms. The molecule has 1 N–H and O–H groups in total. The third kappa shape index (κ3) is 5.58. The predicted octanol–water partition coefficient (Wildman–Crippen LogP) is 4.03. The molecule has 2 rings (SSSR count). The van der Waals surface area contributed by atoms with Gasteiger partial charge in [0.05, 0.1) is 26.7 Å². The van der Waals surface area contributed by atoms with Crippen LogP contribution in [0.3, 0.4) is 0 Å². The molecule has 0 spiro atoms. The Kier molecular flexibility index (Phi) is 6.61. The molecule has 0 aliphatic carbocycles. The zero-order valence-electron chi connectivity index (χ0n) is 16.5. The molecule has 0 aromatic heterocycles. The first-order chi connectivity index (χ1) is 12.7. The van der Waals surface area contributed by atoms with Gasteiger partial charge in [-0.1, -0.05) is 45.0 Å². The summed E-state index contributed by atoms with van der Waals surface area (Å²) >= 11 is 0. The number of hydrogen-bond donors (Lipinski definition) is 1. The summed E-state index contributed by atoms with van der Waals surface area (Å²) < 4.78 is 9.93. The summed E-state index contributed by atoms with van der Waals surface area (Å²) in [5, 5.41) is 2.93. The van der Waals surface area contributed by atoms with Crippen molar-refractivity contribution in [2.75, 3.05) is 14.2 Å². The highest BCUT2D eigenvalue weighted by atomic mass is 16.5.